The predicted octanol–water partition coefficient (Wildman–Crippen LogP) is 2.15. The van der Waals surface area contributed by atoms with Gasteiger partial charge in [-0.1, -0.05) is 25.4 Å². The third-order valence-corrected chi connectivity index (χ3v) is 3.34. The number of carbonyl (C=O) groups excluding carboxylic acids is 1. The second kappa shape index (κ2) is 5.49. The van der Waals surface area contributed by atoms with Crippen LogP contribution in [0.15, 0.2) is 12.1 Å². The van der Waals surface area contributed by atoms with Gasteiger partial charge in [-0.2, -0.15) is 0 Å². The van der Waals surface area contributed by atoms with Crippen LogP contribution >= 0.6 is 22.9 Å². The Labute approximate surface area is 98.1 Å². The van der Waals surface area contributed by atoms with Gasteiger partial charge in [0.05, 0.1) is 21.9 Å². The van der Waals surface area contributed by atoms with Crippen molar-refractivity contribution in [3.8, 4) is 0 Å². The Morgan fingerprint density at radius 3 is 2.67 bits per heavy atom. The van der Waals surface area contributed by atoms with Gasteiger partial charge >= 0.3 is 0 Å². The number of hydrogen-bond donors (Lipinski definition) is 2. The van der Waals surface area contributed by atoms with Crippen LogP contribution in [0.1, 0.15) is 23.5 Å². The quantitative estimate of drug-likeness (QED) is 0.857. The molecule has 1 unspecified atom stereocenters. The van der Waals surface area contributed by atoms with Crippen molar-refractivity contribution in [1.82, 2.24) is 5.32 Å². The molecule has 0 saturated carbocycles. The minimum atomic E-state index is -0.210. The average Bonchev–Trinajstić information content (AvgIpc) is 2.60. The van der Waals surface area contributed by atoms with Crippen molar-refractivity contribution in [2.45, 2.75) is 19.9 Å². The van der Waals surface area contributed by atoms with Crippen molar-refractivity contribution in [2.75, 3.05) is 6.61 Å². The smallest absolute Gasteiger partial charge is 0.261 e. The Hall–Kier alpha value is -0.580. The molecule has 0 saturated heterocycles. The van der Waals surface area contributed by atoms with Crippen molar-refractivity contribution in [2.24, 2.45) is 5.92 Å². The van der Waals surface area contributed by atoms with Crippen LogP contribution in [0.5, 0.6) is 0 Å². The average molecular weight is 248 g/mol. The highest BCUT2D eigenvalue weighted by Crippen LogP contribution is 2.21. The highest BCUT2D eigenvalue weighted by atomic mass is 35.5. The zero-order valence-corrected chi connectivity index (χ0v) is 10.2. The van der Waals surface area contributed by atoms with Crippen molar-refractivity contribution in [1.29, 1.82) is 0 Å². The molecule has 0 aliphatic rings. The molecule has 84 valence electrons. The maximum absolute atomic E-state index is 11.7. The summed E-state index contributed by atoms with van der Waals surface area (Å²) in [4.78, 5) is 12.2. The van der Waals surface area contributed by atoms with Crippen LogP contribution in [0, 0.1) is 5.92 Å². The molecule has 1 aromatic rings. The lowest BCUT2D eigenvalue weighted by atomic mass is 10.1. The van der Waals surface area contributed by atoms with Crippen LogP contribution in [0.3, 0.4) is 0 Å². The molecule has 1 heterocycles. The van der Waals surface area contributed by atoms with E-state index in [1.165, 1.54) is 11.3 Å². The number of amides is 1. The third kappa shape index (κ3) is 3.48. The number of carbonyl (C=O) groups is 1. The van der Waals surface area contributed by atoms with E-state index in [9.17, 15) is 4.79 Å². The summed E-state index contributed by atoms with van der Waals surface area (Å²) in [5.41, 5.74) is 0. The maximum atomic E-state index is 11.7. The largest absolute Gasteiger partial charge is 0.394 e. The number of rotatable bonds is 4. The molecule has 15 heavy (non-hydrogen) atoms. The zero-order valence-electron chi connectivity index (χ0n) is 8.66. The van der Waals surface area contributed by atoms with Crippen LogP contribution < -0.4 is 5.32 Å². The number of nitrogens with one attached hydrogen (secondary N) is 1. The molecule has 0 aromatic carbocycles. The van der Waals surface area contributed by atoms with Gasteiger partial charge in [0.1, 0.15) is 0 Å². The molecule has 1 aromatic heterocycles. The van der Waals surface area contributed by atoms with Crippen molar-refractivity contribution >= 4 is 28.8 Å². The molecule has 5 heteroatoms. The first-order valence-corrected chi connectivity index (χ1v) is 5.91. The normalized spacial score (nSPS) is 12.9. The van der Waals surface area contributed by atoms with E-state index < -0.39 is 0 Å². The van der Waals surface area contributed by atoms with E-state index in [-0.39, 0.29) is 24.5 Å². The van der Waals surface area contributed by atoms with Crippen LogP contribution in [0.25, 0.3) is 0 Å². The van der Waals surface area contributed by atoms with Gasteiger partial charge < -0.3 is 10.4 Å². The summed E-state index contributed by atoms with van der Waals surface area (Å²) in [6.45, 7) is 3.84. The highest BCUT2D eigenvalue weighted by Gasteiger charge is 2.17. The van der Waals surface area contributed by atoms with Crippen LogP contribution in [0.2, 0.25) is 4.34 Å². The maximum Gasteiger partial charge on any atom is 0.261 e. The Kier molecular flexibility index (Phi) is 4.57. The number of aliphatic hydroxyl groups is 1. The molecule has 1 rings (SSSR count). The first kappa shape index (κ1) is 12.5. The standard InChI is InChI=1S/C10H14ClNO2S/c1-6(2)7(5-13)12-10(14)8-3-4-9(11)15-8/h3-4,6-7,13H,5H2,1-2H3,(H,12,14). The van der Waals surface area contributed by atoms with Crippen LogP contribution in [-0.2, 0) is 0 Å². The van der Waals surface area contributed by atoms with Gasteiger partial charge in [0.15, 0.2) is 0 Å². The monoisotopic (exact) mass is 247 g/mol. The summed E-state index contributed by atoms with van der Waals surface area (Å²) < 4.78 is 0.588. The van der Waals surface area contributed by atoms with Gasteiger partial charge in [0, 0.05) is 0 Å². The topological polar surface area (TPSA) is 49.3 Å². The van der Waals surface area contributed by atoms with Gasteiger partial charge in [-0.05, 0) is 18.1 Å². The molecule has 0 radical (unpaired) electrons. The Morgan fingerprint density at radius 2 is 2.27 bits per heavy atom. The van der Waals surface area contributed by atoms with Gasteiger partial charge in [-0.15, -0.1) is 11.3 Å². The third-order valence-electron chi connectivity index (χ3n) is 2.11. The summed E-state index contributed by atoms with van der Waals surface area (Å²) in [6.07, 6.45) is 0. The number of hydrogen-bond acceptors (Lipinski definition) is 3. The Bertz CT molecular complexity index is 338. The molecule has 0 spiro atoms. The Morgan fingerprint density at radius 1 is 1.60 bits per heavy atom. The SMILES string of the molecule is CC(C)C(CO)NC(=O)c1ccc(Cl)s1. The van der Waals surface area contributed by atoms with E-state index in [1.54, 1.807) is 12.1 Å². The Balaban J connectivity index is 2.62. The lowest BCUT2D eigenvalue weighted by molar-refractivity contribution is 0.0901. The number of aliphatic hydroxyl groups excluding tert-OH is 1. The first-order chi connectivity index (χ1) is 7.04. The number of halogens is 1. The van der Waals surface area contributed by atoms with E-state index >= 15 is 0 Å². The lowest BCUT2D eigenvalue weighted by Gasteiger charge is -2.19. The van der Waals surface area contributed by atoms with E-state index in [0.29, 0.717) is 9.21 Å². The molecular formula is C10H14ClNO2S. The van der Waals surface area contributed by atoms with Gasteiger partial charge in [-0.3, -0.25) is 4.79 Å². The van der Waals surface area contributed by atoms with Crippen molar-refractivity contribution in [3.63, 3.8) is 0 Å². The summed E-state index contributed by atoms with van der Waals surface area (Å²) in [5.74, 6) is 0.0223. The summed E-state index contributed by atoms with van der Waals surface area (Å²) in [6, 6.07) is 3.15. The van der Waals surface area contributed by atoms with Crippen molar-refractivity contribution in [3.05, 3.63) is 21.3 Å². The van der Waals surface area contributed by atoms with E-state index in [2.05, 4.69) is 5.32 Å². The van der Waals surface area contributed by atoms with Gasteiger partial charge in [0.25, 0.3) is 5.91 Å². The zero-order chi connectivity index (χ0) is 11.4. The first-order valence-electron chi connectivity index (χ1n) is 4.71. The van der Waals surface area contributed by atoms with Crippen LogP contribution in [-0.4, -0.2) is 23.7 Å². The molecule has 0 aliphatic carbocycles. The highest BCUT2D eigenvalue weighted by molar-refractivity contribution is 7.17. The fraction of sp³-hybridized carbons (Fsp3) is 0.500. The van der Waals surface area contributed by atoms with E-state index in [4.69, 9.17) is 16.7 Å². The molecule has 1 atom stereocenters. The summed E-state index contributed by atoms with van der Waals surface area (Å²) in [5, 5.41) is 11.8. The number of thiophene rings is 1. The molecule has 1 amide bonds. The summed E-state index contributed by atoms with van der Waals surface area (Å²) >= 11 is 6.96. The van der Waals surface area contributed by atoms with Gasteiger partial charge in [0.2, 0.25) is 0 Å². The second-order valence-electron chi connectivity index (χ2n) is 3.61. The lowest BCUT2D eigenvalue weighted by Crippen LogP contribution is -2.40. The van der Waals surface area contributed by atoms with E-state index in [1.807, 2.05) is 13.8 Å². The summed E-state index contributed by atoms with van der Waals surface area (Å²) in [7, 11) is 0. The van der Waals surface area contributed by atoms with Gasteiger partial charge in [-0.25, -0.2) is 0 Å². The fourth-order valence-corrected chi connectivity index (χ4v) is 2.05. The molecular weight excluding hydrogens is 234 g/mol. The molecule has 0 bridgehead atoms. The minimum absolute atomic E-state index is 0.0531. The minimum Gasteiger partial charge on any atom is -0.394 e. The van der Waals surface area contributed by atoms with E-state index in [0.717, 1.165) is 0 Å². The molecule has 3 nitrogen and oxygen atoms in total. The molecule has 0 fully saturated rings. The molecule has 2 N–H and O–H groups in total. The van der Waals surface area contributed by atoms with Crippen molar-refractivity contribution < 1.29 is 9.90 Å². The van der Waals surface area contributed by atoms with Crippen LogP contribution in [0.4, 0.5) is 0 Å². The molecule has 0 aliphatic heterocycles. The fourth-order valence-electron chi connectivity index (χ4n) is 1.10. The second-order valence-corrected chi connectivity index (χ2v) is 5.33. The predicted molar refractivity (Wildman–Crippen MR) is 62.5 cm³/mol.